The molecule has 5 rings (SSSR count). The van der Waals surface area contributed by atoms with Crippen molar-refractivity contribution >= 4 is 17.9 Å². The number of rotatable bonds is 7. The Morgan fingerprint density at radius 1 is 1.17 bits per heavy atom. The molecule has 6 nitrogen and oxygen atoms in total. The number of imide groups is 1. The summed E-state index contributed by atoms with van der Waals surface area (Å²) < 4.78 is 11.9. The molecule has 3 fully saturated rings. The number of carbonyl (C=O) groups is 2. The first kappa shape index (κ1) is 24.3. The van der Waals surface area contributed by atoms with Crippen LogP contribution in [0.5, 0.6) is 5.75 Å². The molecular weight excluding hydrogens is 442 g/mol. The van der Waals surface area contributed by atoms with Crippen molar-refractivity contribution < 1.29 is 24.2 Å². The molecular formula is C29H37NO5. The van der Waals surface area contributed by atoms with Crippen LogP contribution < -0.4 is 0 Å². The van der Waals surface area contributed by atoms with E-state index in [1.165, 1.54) is 17.6 Å². The van der Waals surface area contributed by atoms with Gasteiger partial charge in [-0.15, -0.1) is 0 Å². The van der Waals surface area contributed by atoms with E-state index in [0.717, 1.165) is 49.7 Å². The van der Waals surface area contributed by atoms with E-state index in [-0.39, 0.29) is 47.5 Å². The molecule has 4 aliphatic rings. The van der Waals surface area contributed by atoms with Crippen LogP contribution in [0.15, 0.2) is 41.0 Å². The number of likely N-dealkylation sites (tertiary alicyclic amines) is 1. The Morgan fingerprint density at radius 2 is 1.97 bits per heavy atom. The molecule has 2 saturated heterocycles. The Bertz CT molecular complexity index is 1040. The summed E-state index contributed by atoms with van der Waals surface area (Å²) >= 11 is 0. The van der Waals surface area contributed by atoms with Crippen LogP contribution in [0.1, 0.15) is 63.9 Å². The molecule has 0 spiro atoms. The van der Waals surface area contributed by atoms with Gasteiger partial charge in [0, 0.05) is 19.1 Å². The lowest BCUT2D eigenvalue weighted by Crippen LogP contribution is -2.42. The van der Waals surface area contributed by atoms with E-state index in [9.17, 15) is 14.7 Å². The van der Waals surface area contributed by atoms with Crippen molar-refractivity contribution in [2.45, 2.75) is 70.4 Å². The predicted octanol–water partition coefficient (Wildman–Crippen LogP) is 4.87. The lowest BCUT2D eigenvalue weighted by molar-refractivity contribution is -0.143. The van der Waals surface area contributed by atoms with Gasteiger partial charge in [-0.05, 0) is 67.9 Å². The zero-order valence-electron chi connectivity index (χ0n) is 20.9. The summed E-state index contributed by atoms with van der Waals surface area (Å²) in [6.45, 7) is 3.08. The minimum absolute atomic E-state index is 0.0238. The summed E-state index contributed by atoms with van der Waals surface area (Å²) in [5.74, 6) is -0.239. The maximum atomic E-state index is 13.6. The predicted molar refractivity (Wildman–Crippen MR) is 133 cm³/mol. The number of nitrogens with zero attached hydrogens (tertiary/aromatic N) is 1. The van der Waals surface area contributed by atoms with Crippen LogP contribution in [0.2, 0.25) is 0 Å². The van der Waals surface area contributed by atoms with Gasteiger partial charge in [-0.2, -0.15) is 0 Å². The minimum Gasteiger partial charge on any atom is -0.508 e. The maximum Gasteiger partial charge on any atom is 0.234 e. The van der Waals surface area contributed by atoms with Crippen molar-refractivity contribution in [1.82, 2.24) is 4.90 Å². The average Bonchev–Trinajstić information content (AvgIpc) is 3.37. The van der Waals surface area contributed by atoms with Crippen molar-refractivity contribution in [3.05, 3.63) is 46.5 Å². The number of ether oxygens (including phenoxy) is 2. The first-order valence-corrected chi connectivity index (χ1v) is 13.1. The molecule has 1 N–H and O–H groups in total. The van der Waals surface area contributed by atoms with Crippen LogP contribution in [0.3, 0.4) is 0 Å². The summed E-state index contributed by atoms with van der Waals surface area (Å²) in [4.78, 5) is 28.7. The summed E-state index contributed by atoms with van der Waals surface area (Å²) in [5, 5.41) is 9.73. The van der Waals surface area contributed by atoms with Crippen molar-refractivity contribution in [2.24, 2.45) is 17.8 Å². The van der Waals surface area contributed by atoms with E-state index >= 15 is 0 Å². The summed E-state index contributed by atoms with van der Waals surface area (Å²) in [7, 11) is 1.69. The van der Waals surface area contributed by atoms with Crippen molar-refractivity contribution in [1.29, 1.82) is 0 Å². The summed E-state index contributed by atoms with van der Waals surface area (Å²) in [6.07, 6.45) is 9.60. The molecule has 35 heavy (non-hydrogen) atoms. The molecule has 0 unspecified atom stereocenters. The summed E-state index contributed by atoms with van der Waals surface area (Å²) in [5.41, 5.74) is 4.55. The number of methoxy groups -OCH3 is 1. The van der Waals surface area contributed by atoms with Gasteiger partial charge in [0.05, 0.1) is 31.2 Å². The first-order chi connectivity index (χ1) is 17.0. The van der Waals surface area contributed by atoms with E-state index in [2.05, 4.69) is 13.0 Å². The molecule has 0 radical (unpaired) electrons. The van der Waals surface area contributed by atoms with Gasteiger partial charge in [-0.1, -0.05) is 43.0 Å². The van der Waals surface area contributed by atoms with Crippen LogP contribution in [0.4, 0.5) is 0 Å². The molecule has 1 aromatic rings. The fraction of sp³-hybridized carbons (Fsp3) is 0.586. The quantitative estimate of drug-likeness (QED) is 0.446. The number of allylic oxidation sites excluding steroid dienone is 1. The van der Waals surface area contributed by atoms with Gasteiger partial charge in [0.1, 0.15) is 5.75 Å². The Hall–Kier alpha value is -2.44. The normalized spacial score (nSPS) is 29.7. The average molecular weight is 480 g/mol. The van der Waals surface area contributed by atoms with Gasteiger partial charge < -0.3 is 14.6 Å². The molecule has 0 bridgehead atoms. The number of phenols is 1. The molecule has 2 aliphatic heterocycles. The third-order valence-electron chi connectivity index (χ3n) is 8.38. The van der Waals surface area contributed by atoms with Gasteiger partial charge in [0.25, 0.3) is 0 Å². The maximum absolute atomic E-state index is 13.6. The SMILES string of the molecule is COCC1=C2[C@@H](CC/C(C)=C/c3cccc(O)c3)OC[C@@H]2[C@@H]2C(=O)N(C3CCCCC3)C(=O)[C@@H]2C1. The topological polar surface area (TPSA) is 76.1 Å². The number of hydrogen-bond donors (Lipinski definition) is 1. The number of carbonyl (C=O) groups excluding carboxylic acids is 2. The number of benzene rings is 1. The Balaban J connectivity index is 1.34. The van der Waals surface area contributed by atoms with Crippen LogP contribution in [-0.2, 0) is 19.1 Å². The highest BCUT2D eigenvalue weighted by Crippen LogP contribution is 2.50. The third kappa shape index (κ3) is 4.70. The third-order valence-corrected chi connectivity index (χ3v) is 8.38. The number of phenolic OH excluding ortho intramolecular Hbond substituents is 1. The lowest BCUT2D eigenvalue weighted by atomic mass is 9.69. The molecule has 1 aromatic carbocycles. The monoisotopic (exact) mass is 479 g/mol. The lowest BCUT2D eigenvalue weighted by Gasteiger charge is -2.31. The van der Waals surface area contributed by atoms with Gasteiger partial charge >= 0.3 is 0 Å². The van der Waals surface area contributed by atoms with Crippen LogP contribution in [0, 0.1) is 17.8 Å². The molecule has 2 heterocycles. The number of hydrogen-bond acceptors (Lipinski definition) is 5. The van der Waals surface area contributed by atoms with Crippen molar-refractivity contribution in [3.8, 4) is 5.75 Å². The molecule has 6 heteroatoms. The van der Waals surface area contributed by atoms with Crippen molar-refractivity contribution in [3.63, 3.8) is 0 Å². The smallest absolute Gasteiger partial charge is 0.234 e. The van der Waals surface area contributed by atoms with E-state index in [1.807, 2.05) is 12.1 Å². The number of amides is 2. The zero-order valence-corrected chi connectivity index (χ0v) is 20.9. The number of aromatic hydroxyl groups is 1. The Morgan fingerprint density at radius 3 is 2.71 bits per heavy atom. The van der Waals surface area contributed by atoms with Gasteiger partial charge in [0.15, 0.2) is 0 Å². The zero-order chi connectivity index (χ0) is 24.5. The van der Waals surface area contributed by atoms with Crippen LogP contribution >= 0.6 is 0 Å². The molecule has 188 valence electrons. The fourth-order valence-corrected chi connectivity index (χ4v) is 6.83. The molecule has 2 amide bonds. The molecule has 1 saturated carbocycles. The van der Waals surface area contributed by atoms with Crippen molar-refractivity contribution in [2.75, 3.05) is 20.3 Å². The van der Waals surface area contributed by atoms with E-state index in [4.69, 9.17) is 9.47 Å². The highest BCUT2D eigenvalue weighted by atomic mass is 16.5. The fourth-order valence-electron chi connectivity index (χ4n) is 6.83. The summed E-state index contributed by atoms with van der Waals surface area (Å²) in [6, 6.07) is 7.33. The van der Waals surface area contributed by atoms with Crippen LogP contribution in [0.25, 0.3) is 6.08 Å². The van der Waals surface area contributed by atoms with E-state index in [1.54, 1.807) is 24.1 Å². The minimum atomic E-state index is -0.283. The highest BCUT2D eigenvalue weighted by molar-refractivity contribution is 6.06. The number of fused-ring (bicyclic) bond motifs is 3. The van der Waals surface area contributed by atoms with Gasteiger partial charge in [-0.25, -0.2) is 0 Å². The van der Waals surface area contributed by atoms with Gasteiger partial charge in [-0.3, -0.25) is 14.5 Å². The van der Waals surface area contributed by atoms with E-state index in [0.29, 0.717) is 19.6 Å². The van der Waals surface area contributed by atoms with Gasteiger partial charge in [0.2, 0.25) is 11.8 Å². The van der Waals surface area contributed by atoms with E-state index < -0.39 is 0 Å². The second kappa shape index (κ2) is 10.3. The molecule has 2 aliphatic carbocycles. The molecule has 4 atom stereocenters. The second-order valence-electron chi connectivity index (χ2n) is 10.7. The Labute approximate surface area is 208 Å². The second-order valence-corrected chi connectivity index (χ2v) is 10.7. The van der Waals surface area contributed by atoms with Crippen LogP contribution in [-0.4, -0.2) is 54.3 Å². The largest absolute Gasteiger partial charge is 0.508 e. The Kier molecular flexibility index (Phi) is 7.12. The first-order valence-electron chi connectivity index (χ1n) is 13.1. The molecule has 0 aromatic heterocycles. The highest BCUT2D eigenvalue weighted by Gasteiger charge is 2.58. The standard InChI is InChI=1S/C29H37NO5/c1-18(13-19-7-6-10-22(31)14-19)11-12-25-26-20(16-34-2)15-23-27(24(26)17-35-25)29(33)30(28(23)32)21-8-4-3-5-9-21/h6-7,10,13-14,21,23-25,27,31H,3-5,8-9,11-12,15-17H2,1-2H3/b18-13+/t23-,24+,25-,27-/m1/s1.